The van der Waals surface area contributed by atoms with Gasteiger partial charge in [0.1, 0.15) is 11.8 Å². The van der Waals surface area contributed by atoms with E-state index in [1.165, 1.54) is 4.90 Å². The average Bonchev–Trinajstić information content (AvgIpc) is 2.71. The summed E-state index contributed by atoms with van der Waals surface area (Å²) >= 11 is 0. The Labute approximate surface area is 125 Å². The third-order valence-corrected chi connectivity index (χ3v) is 3.47. The Morgan fingerprint density at radius 2 is 2.14 bits per heavy atom. The highest BCUT2D eigenvalue weighted by Gasteiger charge is 2.36. The van der Waals surface area contributed by atoms with Gasteiger partial charge < -0.3 is 10.1 Å². The molecule has 1 fully saturated rings. The molecule has 1 saturated heterocycles. The van der Waals surface area contributed by atoms with Gasteiger partial charge in [0.25, 0.3) is 5.91 Å². The number of ether oxygens (including phenoxy) is 1. The Morgan fingerprint density at radius 3 is 2.86 bits per heavy atom. The van der Waals surface area contributed by atoms with Crippen LogP contribution in [0.15, 0.2) is 24.3 Å². The van der Waals surface area contributed by atoms with E-state index in [1.807, 2.05) is 38.1 Å². The van der Waals surface area contributed by atoms with Crippen molar-refractivity contribution in [3.63, 3.8) is 0 Å². The number of nitrogens with one attached hydrogen (secondary N) is 1. The number of hydrogen-bond acceptors (Lipinski definition) is 3. The molecular weight excluding hydrogens is 268 g/mol. The number of rotatable bonds is 7. The van der Waals surface area contributed by atoms with E-state index in [9.17, 15) is 9.59 Å². The van der Waals surface area contributed by atoms with Crippen LogP contribution in [0.2, 0.25) is 0 Å². The summed E-state index contributed by atoms with van der Waals surface area (Å²) < 4.78 is 5.62. The highest BCUT2D eigenvalue weighted by Crippen LogP contribution is 2.14. The lowest BCUT2D eigenvalue weighted by atomic mass is 10.2. The summed E-state index contributed by atoms with van der Waals surface area (Å²) in [5, 5.41) is 2.72. The molecule has 1 aromatic rings. The molecule has 0 aliphatic carbocycles. The number of amides is 3. The summed E-state index contributed by atoms with van der Waals surface area (Å²) in [5.74, 6) is 0.702. The second-order valence-corrected chi connectivity index (χ2v) is 5.30. The number of carbonyl (C=O) groups is 2. The van der Waals surface area contributed by atoms with E-state index in [2.05, 4.69) is 5.32 Å². The van der Waals surface area contributed by atoms with E-state index >= 15 is 0 Å². The van der Waals surface area contributed by atoms with Gasteiger partial charge in [-0.25, -0.2) is 4.79 Å². The molecule has 1 aliphatic heterocycles. The van der Waals surface area contributed by atoms with Crippen LogP contribution in [0.25, 0.3) is 0 Å². The number of nitrogens with zero attached hydrogens (tertiary/aromatic N) is 1. The Kier molecular flexibility index (Phi) is 5.20. The highest BCUT2D eigenvalue weighted by molar-refractivity contribution is 6.04. The molecule has 3 amide bonds. The first-order chi connectivity index (χ1) is 10.1. The van der Waals surface area contributed by atoms with Crippen molar-refractivity contribution in [2.24, 2.45) is 0 Å². The van der Waals surface area contributed by atoms with Crippen molar-refractivity contribution in [3.8, 4) is 5.75 Å². The predicted molar refractivity (Wildman–Crippen MR) is 80.2 cm³/mol. The van der Waals surface area contributed by atoms with Crippen molar-refractivity contribution in [2.75, 3.05) is 13.2 Å². The third-order valence-electron chi connectivity index (χ3n) is 3.47. The zero-order chi connectivity index (χ0) is 15.2. The number of hydrogen-bond donors (Lipinski definition) is 1. The molecule has 5 heteroatoms. The zero-order valence-corrected chi connectivity index (χ0v) is 12.6. The van der Waals surface area contributed by atoms with E-state index in [1.54, 1.807) is 0 Å². The fourth-order valence-corrected chi connectivity index (χ4v) is 2.39. The van der Waals surface area contributed by atoms with Crippen LogP contribution in [0.4, 0.5) is 4.79 Å². The van der Waals surface area contributed by atoms with Crippen LogP contribution in [-0.4, -0.2) is 36.0 Å². The summed E-state index contributed by atoms with van der Waals surface area (Å²) in [7, 11) is 0. The van der Waals surface area contributed by atoms with E-state index in [0.717, 1.165) is 17.7 Å². The first-order valence-electron chi connectivity index (χ1n) is 7.43. The minimum atomic E-state index is -0.347. The predicted octanol–water partition coefficient (Wildman–Crippen LogP) is 2.48. The van der Waals surface area contributed by atoms with Crippen molar-refractivity contribution in [2.45, 2.75) is 39.2 Å². The summed E-state index contributed by atoms with van der Waals surface area (Å²) in [6.07, 6.45) is 2.20. The number of imide groups is 1. The molecule has 0 spiro atoms. The topological polar surface area (TPSA) is 58.6 Å². The van der Waals surface area contributed by atoms with Crippen LogP contribution >= 0.6 is 0 Å². The first-order valence-corrected chi connectivity index (χ1v) is 7.43. The van der Waals surface area contributed by atoms with Gasteiger partial charge in [-0.15, -0.1) is 0 Å². The molecule has 1 unspecified atom stereocenters. The lowest BCUT2D eigenvalue weighted by Crippen LogP contribution is -2.33. The monoisotopic (exact) mass is 290 g/mol. The maximum atomic E-state index is 12.0. The van der Waals surface area contributed by atoms with E-state index in [0.29, 0.717) is 26.0 Å². The normalized spacial score (nSPS) is 18.0. The smallest absolute Gasteiger partial charge is 0.324 e. The number of carbonyl (C=O) groups excluding carboxylic acids is 2. The molecule has 2 rings (SSSR count). The Morgan fingerprint density at radius 1 is 1.33 bits per heavy atom. The van der Waals surface area contributed by atoms with Crippen molar-refractivity contribution < 1.29 is 14.3 Å². The summed E-state index contributed by atoms with van der Waals surface area (Å²) in [6.45, 7) is 4.89. The third kappa shape index (κ3) is 3.97. The standard InChI is InChI=1S/C16H22N2O3/c1-3-6-14-15(19)18(16(20)17-14)9-5-10-21-13-8-4-7-12(2)11-13/h4,7-8,11,14H,3,5-6,9-10H2,1-2H3,(H,17,20). The summed E-state index contributed by atoms with van der Waals surface area (Å²) in [5.41, 5.74) is 1.14. The van der Waals surface area contributed by atoms with Crippen LogP contribution in [0.1, 0.15) is 31.7 Å². The quantitative estimate of drug-likeness (QED) is 0.620. The fourth-order valence-electron chi connectivity index (χ4n) is 2.39. The Bertz CT molecular complexity index is 516. The lowest BCUT2D eigenvalue weighted by molar-refractivity contribution is -0.127. The molecule has 0 saturated carbocycles. The van der Waals surface area contributed by atoms with Gasteiger partial charge >= 0.3 is 6.03 Å². The molecular formula is C16H22N2O3. The van der Waals surface area contributed by atoms with Crippen LogP contribution in [0.3, 0.4) is 0 Å². The Hall–Kier alpha value is -2.04. The van der Waals surface area contributed by atoms with Gasteiger partial charge in [-0.2, -0.15) is 0 Å². The Balaban J connectivity index is 1.76. The molecule has 1 atom stereocenters. The number of aryl methyl sites for hydroxylation is 1. The molecule has 114 valence electrons. The number of urea groups is 1. The molecule has 1 aliphatic rings. The first kappa shape index (κ1) is 15.4. The largest absolute Gasteiger partial charge is 0.494 e. The highest BCUT2D eigenvalue weighted by atomic mass is 16.5. The molecule has 5 nitrogen and oxygen atoms in total. The minimum absolute atomic E-state index is 0.114. The minimum Gasteiger partial charge on any atom is -0.494 e. The molecule has 1 aromatic carbocycles. The van der Waals surface area contributed by atoms with Crippen LogP contribution < -0.4 is 10.1 Å². The molecule has 1 heterocycles. The van der Waals surface area contributed by atoms with Crippen LogP contribution in [0.5, 0.6) is 5.75 Å². The second kappa shape index (κ2) is 7.11. The SMILES string of the molecule is CCCC1NC(=O)N(CCCOc2cccc(C)c2)C1=O. The van der Waals surface area contributed by atoms with Crippen molar-refractivity contribution >= 4 is 11.9 Å². The van der Waals surface area contributed by atoms with Crippen LogP contribution in [0, 0.1) is 6.92 Å². The van der Waals surface area contributed by atoms with E-state index < -0.39 is 0 Å². The van der Waals surface area contributed by atoms with Gasteiger partial charge in [0.15, 0.2) is 0 Å². The average molecular weight is 290 g/mol. The lowest BCUT2D eigenvalue weighted by Gasteiger charge is -2.13. The van der Waals surface area contributed by atoms with Crippen molar-refractivity contribution in [3.05, 3.63) is 29.8 Å². The van der Waals surface area contributed by atoms with Gasteiger partial charge in [-0.3, -0.25) is 9.69 Å². The molecule has 0 bridgehead atoms. The van der Waals surface area contributed by atoms with Crippen LogP contribution in [-0.2, 0) is 4.79 Å². The van der Waals surface area contributed by atoms with Gasteiger partial charge in [0.05, 0.1) is 6.61 Å². The van der Waals surface area contributed by atoms with Gasteiger partial charge in [0, 0.05) is 6.54 Å². The molecule has 1 N–H and O–H groups in total. The van der Waals surface area contributed by atoms with Crippen molar-refractivity contribution in [1.29, 1.82) is 0 Å². The van der Waals surface area contributed by atoms with Gasteiger partial charge in [-0.05, 0) is 37.5 Å². The fraction of sp³-hybridized carbons (Fsp3) is 0.500. The van der Waals surface area contributed by atoms with Crippen molar-refractivity contribution in [1.82, 2.24) is 10.2 Å². The van der Waals surface area contributed by atoms with E-state index in [-0.39, 0.29) is 18.0 Å². The summed E-state index contributed by atoms with van der Waals surface area (Å²) in [6, 6.07) is 7.18. The molecule has 0 radical (unpaired) electrons. The second-order valence-electron chi connectivity index (χ2n) is 5.30. The zero-order valence-electron chi connectivity index (χ0n) is 12.6. The maximum Gasteiger partial charge on any atom is 0.324 e. The van der Waals surface area contributed by atoms with Gasteiger partial charge in [0.2, 0.25) is 0 Å². The van der Waals surface area contributed by atoms with E-state index in [4.69, 9.17) is 4.74 Å². The summed E-state index contributed by atoms with van der Waals surface area (Å²) in [4.78, 5) is 25.0. The van der Waals surface area contributed by atoms with Gasteiger partial charge in [-0.1, -0.05) is 25.5 Å². The molecule has 21 heavy (non-hydrogen) atoms. The number of benzene rings is 1. The molecule has 0 aromatic heterocycles. The maximum absolute atomic E-state index is 12.0.